The molecule has 0 aliphatic carbocycles. The Bertz CT molecular complexity index is 1000. The van der Waals surface area contributed by atoms with E-state index in [1.54, 1.807) is 23.1 Å². The first-order valence-corrected chi connectivity index (χ1v) is 9.56. The van der Waals surface area contributed by atoms with Crippen molar-refractivity contribution in [3.8, 4) is 0 Å². The molecule has 3 aromatic rings. The number of hydrogen-bond donors (Lipinski definition) is 2. The third kappa shape index (κ3) is 4.54. The van der Waals surface area contributed by atoms with Gasteiger partial charge >= 0.3 is 6.03 Å². The highest BCUT2D eigenvalue weighted by atomic mass is 79.9. The van der Waals surface area contributed by atoms with Crippen molar-refractivity contribution < 1.29 is 4.79 Å². The molecular formula is C20H21BrN4O2. The number of nitrogens with one attached hydrogen (secondary N) is 2. The highest BCUT2D eigenvalue weighted by Crippen LogP contribution is 2.17. The van der Waals surface area contributed by atoms with Gasteiger partial charge in [-0.25, -0.2) is 9.78 Å². The molecule has 1 aromatic heterocycles. The average molecular weight is 429 g/mol. The Morgan fingerprint density at radius 2 is 1.93 bits per heavy atom. The van der Waals surface area contributed by atoms with Gasteiger partial charge in [-0.05, 0) is 43.7 Å². The second-order valence-corrected chi connectivity index (χ2v) is 7.18. The van der Waals surface area contributed by atoms with Crippen LogP contribution < -0.4 is 10.9 Å². The molecule has 0 spiro atoms. The van der Waals surface area contributed by atoms with Crippen molar-refractivity contribution >= 4 is 32.9 Å². The zero-order valence-electron chi connectivity index (χ0n) is 15.2. The van der Waals surface area contributed by atoms with Gasteiger partial charge in [0.1, 0.15) is 5.82 Å². The summed E-state index contributed by atoms with van der Waals surface area (Å²) in [5.41, 5.74) is 1.44. The van der Waals surface area contributed by atoms with Crippen molar-refractivity contribution in [1.82, 2.24) is 20.2 Å². The lowest BCUT2D eigenvalue weighted by atomic mass is 10.1. The minimum absolute atomic E-state index is 0.136. The first-order chi connectivity index (χ1) is 13.0. The molecule has 0 saturated carbocycles. The second kappa shape index (κ2) is 8.35. The number of nitrogens with zero attached hydrogens (tertiary/aromatic N) is 2. The maximum Gasteiger partial charge on any atom is 0.318 e. The Morgan fingerprint density at radius 1 is 1.22 bits per heavy atom. The number of aromatic amines is 1. The number of aromatic nitrogens is 2. The molecule has 7 heteroatoms. The lowest BCUT2D eigenvalue weighted by molar-refractivity contribution is 0.193. The Hall–Kier alpha value is -2.67. The molecule has 2 amide bonds. The lowest BCUT2D eigenvalue weighted by Crippen LogP contribution is -2.41. The standard InChI is InChI=1S/C20H21BrN4O2/c1-3-25(20(27)22-13(2)14-8-10-15(21)11-9-14)12-18-23-17-7-5-4-6-16(17)19(26)24-18/h4-11,13H,3,12H2,1-2H3,(H,22,27)(H,23,24,26). The molecular weight excluding hydrogens is 408 g/mol. The smallest absolute Gasteiger partial charge is 0.318 e. The van der Waals surface area contributed by atoms with Gasteiger partial charge in [0.05, 0.1) is 23.5 Å². The van der Waals surface area contributed by atoms with E-state index in [4.69, 9.17) is 0 Å². The van der Waals surface area contributed by atoms with Crippen molar-refractivity contribution in [2.45, 2.75) is 26.4 Å². The molecule has 140 valence electrons. The van der Waals surface area contributed by atoms with E-state index in [1.807, 2.05) is 44.2 Å². The Balaban J connectivity index is 1.73. The van der Waals surface area contributed by atoms with Crippen molar-refractivity contribution in [3.05, 3.63) is 74.7 Å². The van der Waals surface area contributed by atoms with Crippen molar-refractivity contribution in [2.24, 2.45) is 0 Å². The van der Waals surface area contributed by atoms with Crippen LogP contribution in [0.25, 0.3) is 10.9 Å². The molecule has 0 aliphatic heterocycles. The molecule has 2 aromatic carbocycles. The predicted octanol–water partition coefficient (Wildman–Crippen LogP) is 3.98. The molecule has 1 unspecified atom stereocenters. The molecule has 0 aliphatic rings. The molecule has 6 nitrogen and oxygen atoms in total. The number of urea groups is 1. The van der Waals surface area contributed by atoms with Gasteiger partial charge in [-0.1, -0.05) is 40.2 Å². The summed E-state index contributed by atoms with van der Waals surface area (Å²) in [6.45, 7) is 4.55. The molecule has 0 saturated heterocycles. The SMILES string of the molecule is CCN(Cc1nc2ccccc2c(=O)[nH]1)C(=O)NC(C)c1ccc(Br)cc1. The van der Waals surface area contributed by atoms with Crippen LogP contribution in [0, 0.1) is 0 Å². The average Bonchev–Trinajstić information content (AvgIpc) is 2.66. The molecule has 2 N–H and O–H groups in total. The minimum Gasteiger partial charge on any atom is -0.331 e. The predicted molar refractivity (Wildman–Crippen MR) is 110 cm³/mol. The molecule has 1 heterocycles. The quantitative estimate of drug-likeness (QED) is 0.644. The van der Waals surface area contributed by atoms with Crippen molar-refractivity contribution in [3.63, 3.8) is 0 Å². The fraction of sp³-hybridized carbons (Fsp3) is 0.250. The van der Waals surface area contributed by atoms with Gasteiger partial charge < -0.3 is 15.2 Å². The Morgan fingerprint density at radius 3 is 2.63 bits per heavy atom. The van der Waals surface area contributed by atoms with E-state index in [1.165, 1.54) is 0 Å². The van der Waals surface area contributed by atoms with Gasteiger partial charge in [0.15, 0.2) is 0 Å². The Labute approximate surface area is 165 Å². The van der Waals surface area contributed by atoms with Crippen molar-refractivity contribution in [2.75, 3.05) is 6.54 Å². The summed E-state index contributed by atoms with van der Waals surface area (Å²) in [4.78, 5) is 33.7. The van der Waals surface area contributed by atoms with Crippen LogP contribution >= 0.6 is 15.9 Å². The molecule has 27 heavy (non-hydrogen) atoms. The molecule has 1 atom stereocenters. The fourth-order valence-electron chi connectivity index (χ4n) is 2.83. The number of benzene rings is 2. The van der Waals surface area contributed by atoms with Crippen LogP contribution in [0.15, 0.2) is 57.8 Å². The summed E-state index contributed by atoms with van der Waals surface area (Å²) in [5, 5.41) is 3.53. The van der Waals surface area contributed by atoms with Gasteiger partial charge in [0.2, 0.25) is 0 Å². The number of carbonyl (C=O) groups is 1. The maximum atomic E-state index is 12.7. The number of amides is 2. The number of H-pyrrole nitrogens is 1. The second-order valence-electron chi connectivity index (χ2n) is 6.27. The summed E-state index contributed by atoms with van der Waals surface area (Å²) < 4.78 is 0.992. The first-order valence-electron chi connectivity index (χ1n) is 8.76. The van der Waals surface area contributed by atoms with Crippen molar-refractivity contribution in [1.29, 1.82) is 0 Å². The third-order valence-electron chi connectivity index (χ3n) is 4.38. The van der Waals surface area contributed by atoms with Gasteiger partial charge in [-0.3, -0.25) is 4.79 Å². The number of carbonyl (C=O) groups excluding carboxylic acids is 1. The van der Waals surface area contributed by atoms with Gasteiger partial charge in [-0.2, -0.15) is 0 Å². The van der Waals surface area contributed by atoms with Crippen LogP contribution in [0.4, 0.5) is 4.79 Å². The monoisotopic (exact) mass is 428 g/mol. The summed E-state index contributed by atoms with van der Waals surface area (Å²) in [7, 11) is 0. The summed E-state index contributed by atoms with van der Waals surface area (Å²) in [5.74, 6) is 0.465. The van der Waals surface area contributed by atoms with Gasteiger partial charge in [-0.15, -0.1) is 0 Å². The number of rotatable bonds is 5. The number of para-hydroxylation sites is 1. The molecule has 0 radical (unpaired) electrons. The van der Waals surface area contributed by atoms with Gasteiger partial charge in [0.25, 0.3) is 5.56 Å². The van der Waals surface area contributed by atoms with Crippen LogP contribution in [0.3, 0.4) is 0 Å². The maximum absolute atomic E-state index is 12.7. The Kier molecular flexibility index (Phi) is 5.91. The summed E-state index contributed by atoms with van der Waals surface area (Å²) >= 11 is 3.41. The highest BCUT2D eigenvalue weighted by molar-refractivity contribution is 9.10. The number of halogens is 1. The van der Waals surface area contributed by atoms with E-state index in [2.05, 4.69) is 31.2 Å². The van der Waals surface area contributed by atoms with Crippen LogP contribution in [-0.2, 0) is 6.54 Å². The molecule has 0 bridgehead atoms. The summed E-state index contributed by atoms with van der Waals surface area (Å²) in [6, 6.07) is 14.6. The van der Waals surface area contributed by atoms with E-state index >= 15 is 0 Å². The fourth-order valence-corrected chi connectivity index (χ4v) is 3.09. The van der Waals surface area contributed by atoms with Crippen LogP contribution in [0.2, 0.25) is 0 Å². The number of hydrogen-bond acceptors (Lipinski definition) is 3. The van der Waals surface area contributed by atoms with E-state index in [9.17, 15) is 9.59 Å². The highest BCUT2D eigenvalue weighted by Gasteiger charge is 2.17. The normalized spacial score (nSPS) is 12.0. The first kappa shape index (κ1) is 19.1. The van der Waals surface area contributed by atoms with E-state index in [-0.39, 0.29) is 24.2 Å². The third-order valence-corrected chi connectivity index (χ3v) is 4.91. The topological polar surface area (TPSA) is 78.1 Å². The molecule has 0 fully saturated rings. The zero-order chi connectivity index (χ0) is 19.4. The lowest BCUT2D eigenvalue weighted by Gasteiger charge is -2.24. The number of fused-ring (bicyclic) bond motifs is 1. The zero-order valence-corrected chi connectivity index (χ0v) is 16.8. The molecule has 3 rings (SSSR count). The van der Waals surface area contributed by atoms with E-state index in [0.29, 0.717) is 23.3 Å². The van der Waals surface area contributed by atoms with E-state index in [0.717, 1.165) is 10.0 Å². The minimum atomic E-state index is -0.205. The van der Waals surface area contributed by atoms with Crippen LogP contribution in [0.1, 0.15) is 31.3 Å². The largest absolute Gasteiger partial charge is 0.331 e. The van der Waals surface area contributed by atoms with Gasteiger partial charge in [0, 0.05) is 11.0 Å². The van der Waals surface area contributed by atoms with Crippen LogP contribution in [-0.4, -0.2) is 27.4 Å². The van der Waals surface area contributed by atoms with Crippen LogP contribution in [0.5, 0.6) is 0 Å². The summed E-state index contributed by atoms with van der Waals surface area (Å²) in [6.07, 6.45) is 0. The van der Waals surface area contributed by atoms with E-state index < -0.39 is 0 Å².